The van der Waals surface area contributed by atoms with Gasteiger partial charge in [0.2, 0.25) is 0 Å². The van der Waals surface area contributed by atoms with Crippen molar-refractivity contribution in [1.29, 1.82) is 0 Å². The van der Waals surface area contributed by atoms with Gasteiger partial charge in [-0.3, -0.25) is 0 Å². The molecule has 6 nitrogen and oxygen atoms in total. The number of rotatable bonds is 4. The van der Waals surface area contributed by atoms with Gasteiger partial charge in [0.25, 0.3) is 0 Å². The molecule has 0 saturated carbocycles. The Morgan fingerprint density at radius 2 is 2.12 bits per heavy atom. The number of benzene rings is 1. The predicted octanol–water partition coefficient (Wildman–Crippen LogP) is 3.82. The topological polar surface area (TPSA) is 67.6 Å². The molecule has 134 valence electrons. The lowest BCUT2D eigenvalue weighted by molar-refractivity contribution is 0.175. The fourth-order valence-electron chi connectivity index (χ4n) is 3.29. The molecule has 25 heavy (non-hydrogen) atoms. The maximum Gasteiger partial charge on any atom is 0.318 e. The number of nitrogens with zero attached hydrogens (tertiary/aromatic N) is 2. The molecule has 0 unspecified atom stereocenters. The van der Waals surface area contributed by atoms with Crippen LogP contribution in [0.1, 0.15) is 48.7 Å². The summed E-state index contributed by atoms with van der Waals surface area (Å²) in [6.07, 6.45) is 4.29. The monoisotopic (exact) mass is 343 g/mol. The van der Waals surface area contributed by atoms with Gasteiger partial charge in [0.05, 0.1) is 19.7 Å². The molecule has 1 aliphatic rings. The number of methoxy groups -OCH3 is 1. The van der Waals surface area contributed by atoms with Crippen LogP contribution in [0.25, 0.3) is 0 Å². The van der Waals surface area contributed by atoms with Crippen LogP contribution in [-0.4, -0.2) is 29.7 Å². The van der Waals surface area contributed by atoms with E-state index in [4.69, 9.17) is 9.26 Å². The first-order chi connectivity index (χ1) is 12.2. The molecule has 0 aliphatic carbocycles. The molecule has 0 radical (unpaired) electrons. The summed E-state index contributed by atoms with van der Waals surface area (Å²) >= 11 is 0. The lowest BCUT2D eigenvalue weighted by Gasteiger charge is -2.30. The van der Waals surface area contributed by atoms with Gasteiger partial charge in [-0.15, -0.1) is 0 Å². The van der Waals surface area contributed by atoms with Crippen LogP contribution in [0.3, 0.4) is 0 Å². The van der Waals surface area contributed by atoms with Gasteiger partial charge in [-0.05, 0) is 37.5 Å². The summed E-state index contributed by atoms with van der Waals surface area (Å²) in [6, 6.07) is 9.88. The number of amides is 2. The molecular formula is C19H25N3O3. The second-order valence-electron chi connectivity index (χ2n) is 6.42. The van der Waals surface area contributed by atoms with Crippen molar-refractivity contribution in [2.24, 2.45) is 0 Å². The summed E-state index contributed by atoms with van der Waals surface area (Å²) in [5.41, 5.74) is 1.89. The van der Waals surface area contributed by atoms with Crippen LogP contribution in [0.15, 0.2) is 34.9 Å². The van der Waals surface area contributed by atoms with Crippen LogP contribution < -0.4 is 10.1 Å². The number of hydrogen-bond acceptors (Lipinski definition) is 4. The molecule has 1 N–H and O–H groups in total. The van der Waals surface area contributed by atoms with E-state index >= 15 is 0 Å². The summed E-state index contributed by atoms with van der Waals surface area (Å²) in [5.74, 6) is 1.57. The molecule has 1 aromatic heterocycles. The quantitative estimate of drug-likeness (QED) is 0.916. The third-order valence-corrected chi connectivity index (χ3v) is 4.61. The lowest BCUT2D eigenvalue weighted by atomic mass is 10.0. The number of urea groups is 1. The molecule has 1 aliphatic heterocycles. The number of carbonyl (C=O) groups excluding carboxylic acids is 1. The average Bonchev–Trinajstić information content (AvgIpc) is 2.90. The van der Waals surface area contributed by atoms with Crippen LogP contribution in [0.4, 0.5) is 4.79 Å². The highest BCUT2D eigenvalue weighted by Crippen LogP contribution is 2.31. The van der Waals surface area contributed by atoms with Gasteiger partial charge in [0.15, 0.2) is 0 Å². The van der Waals surface area contributed by atoms with E-state index in [1.165, 1.54) is 0 Å². The van der Waals surface area contributed by atoms with E-state index in [1.54, 1.807) is 7.11 Å². The van der Waals surface area contributed by atoms with Crippen molar-refractivity contribution in [2.75, 3.05) is 13.7 Å². The fourth-order valence-corrected chi connectivity index (χ4v) is 3.29. The van der Waals surface area contributed by atoms with Crippen molar-refractivity contribution in [3.63, 3.8) is 0 Å². The minimum atomic E-state index is -0.0524. The van der Waals surface area contributed by atoms with Crippen LogP contribution in [-0.2, 0) is 6.54 Å². The van der Waals surface area contributed by atoms with E-state index in [2.05, 4.69) is 22.6 Å². The van der Waals surface area contributed by atoms with E-state index in [0.29, 0.717) is 6.54 Å². The minimum absolute atomic E-state index is 0.0524. The Balaban J connectivity index is 1.71. The average molecular weight is 343 g/mol. The van der Waals surface area contributed by atoms with Crippen molar-refractivity contribution >= 4 is 6.03 Å². The minimum Gasteiger partial charge on any atom is -0.497 e. The zero-order valence-corrected chi connectivity index (χ0v) is 14.8. The van der Waals surface area contributed by atoms with Gasteiger partial charge in [-0.25, -0.2) is 4.79 Å². The first-order valence-corrected chi connectivity index (χ1v) is 8.78. The van der Waals surface area contributed by atoms with E-state index < -0.39 is 0 Å². The Morgan fingerprint density at radius 3 is 2.80 bits per heavy atom. The van der Waals surface area contributed by atoms with Crippen LogP contribution in [0, 0.1) is 6.92 Å². The smallest absolute Gasteiger partial charge is 0.318 e. The zero-order chi connectivity index (χ0) is 17.6. The molecule has 2 amide bonds. The lowest BCUT2D eigenvalue weighted by Crippen LogP contribution is -2.42. The first kappa shape index (κ1) is 17.3. The number of likely N-dealkylation sites (tertiary alicyclic amines) is 1. The number of aromatic nitrogens is 1. The van der Waals surface area contributed by atoms with Crippen molar-refractivity contribution in [1.82, 2.24) is 15.4 Å². The highest BCUT2D eigenvalue weighted by atomic mass is 16.5. The van der Waals surface area contributed by atoms with Gasteiger partial charge in [-0.1, -0.05) is 30.1 Å². The maximum atomic E-state index is 12.8. The van der Waals surface area contributed by atoms with E-state index in [9.17, 15) is 4.79 Å². The summed E-state index contributed by atoms with van der Waals surface area (Å²) < 4.78 is 10.3. The summed E-state index contributed by atoms with van der Waals surface area (Å²) in [4.78, 5) is 14.7. The van der Waals surface area contributed by atoms with Gasteiger partial charge in [-0.2, -0.15) is 0 Å². The Kier molecular flexibility index (Phi) is 5.58. The molecule has 1 aromatic carbocycles. The number of ether oxygens (including phenoxy) is 1. The molecule has 3 rings (SSSR count). The van der Waals surface area contributed by atoms with Crippen molar-refractivity contribution in [3.05, 3.63) is 47.3 Å². The zero-order valence-electron chi connectivity index (χ0n) is 14.8. The fraction of sp³-hybridized carbons (Fsp3) is 0.474. The summed E-state index contributed by atoms with van der Waals surface area (Å²) in [5, 5.41) is 6.90. The van der Waals surface area contributed by atoms with Crippen molar-refractivity contribution in [2.45, 2.75) is 45.2 Å². The van der Waals surface area contributed by atoms with E-state index in [0.717, 1.165) is 55.0 Å². The third-order valence-electron chi connectivity index (χ3n) is 4.61. The molecule has 1 saturated heterocycles. The number of aryl methyl sites for hydroxylation is 1. The van der Waals surface area contributed by atoms with Crippen LogP contribution >= 0.6 is 0 Å². The Morgan fingerprint density at radius 1 is 1.32 bits per heavy atom. The van der Waals surface area contributed by atoms with Crippen LogP contribution in [0.5, 0.6) is 5.75 Å². The highest BCUT2D eigenvalue weighted by molar-refractivity contribution is 5.74. The van der Waals surface area contributed by atoms with Gasteiger partial charge < -0.3 is 19.5 Å². The third kappa shape index (κ3) is 4.32. The van der Waals surface area contributed by atoms with E-state index in [1.807, 2.05) is 30.0 Å². The standard InChI is InChI=1S/C19H25N3O3/c1-14-12-16(21-25-14)13-20-19(23)22-11-5-3-4-6-18(22)15-7-9-17(24-2)10-8-15/h7-10,12,18H,3-6,11,13H2,1-2H3,(H,20,23)/t18-/m0/s1. The summed E-state index contributed by atoms with van der Waals surface area (Å²) in [7, 11) is 1.66. The van der Waals surface area contributed by atoms with Crippen molar-refractivity contribution < 1.29 is 14.1 Å². The molecular weight excluding hydrogens is 318 g/mol. The number of carbonyl (C=O) groups is 1. The number of hydrogen-bond donors (Lipinski definition) is 1. The Labute approximate surface area is 148 Å². The highest BCUT2D eigenvalue weighted by Gasteiger charge is 2.26. The molecule has 2 aromatic rings. The first-order valence-electron chi connectivity index (χ1n) is 8.78. The number of nitrogens with one attached hydrogen (secondary N) is 1. The Bertz CT molecular complexity index is 696. The SMILES string of the molecule is COc1ccc([C@@H]2CCCCCN2C(=O)NCc2cc(C)on2)cc1. The van der Waals surface area contributed by atoms with E-state index in [-0.39, 0.29) is 12.1 Å². The molecule has 2 heterocycles. The maximum absolute atomic E-state index is 12.8. The largest absolute Gasteiger partial charge is 0.497 e. The van der Waals surface area contributed by atoms with Gasteiger partial charge >= 0.3 is 6.03 Å². The summed E-state index contributed by atoms with van der Waals surface area (Å²) in [6.45, 7) is 2.98. The van der Waals surface area contributed by atoms with Crippen molar-refractivity contribution in [3.8, 4) is 5.75 Å². The molecule has 6 heteroatoms. The second-order valence-corrected chi connectivity index (χ2v) is 6.42. The van der Waals surface area contributed by atoms with Gasteiger partial charge in [0.1, 0.15) is 17.2 Å². The predicted molar refractivity (Wildman–Crippen MR) is 94.4 cm³/mol. The molecule has 0 spiro atoms. The Hall–Kier alpha value is -2.50. The molecule has 1 fully saturated rings. The molecule has 1 atom stereocenters. The normalized spacial score (nSPS) is 17.8. The second kappa shape index (κ2) is 8.05. The van der Waals surface area contributed by atoms with Crippen LogP contribution in [0.2, 0.25) is 0 Å². The van der Waals surface area contributed by atoms with Gasteiger partial charge in [0, 0.05) is 12.6 Å². The molecule has 0 bridgehead atoms.